The number of anilines is 1. The van der Waals surface area contributed by atoms with Crippen LogP contribution in [0.4, 0.5) is 5.69 Å². The normalized spacial score (nSPS) is 15.1. The molecule has 1 amide bonds. The van der Waals surface area contributed by atoms with Crippen LogP contribution in [-0.2, 0) is 20.9 Å². The molecular formula is C18H13Cl2NO4. The number of benzene rings is 2. The van der Waals surface area contributed by atoms with Gasteiger partial charge in [-0.15, -0.1) is 0 Å². The molecule has 0 fully saturated rings. The van der Waals surface area contributed by atoms with Crippen molar-refractivity contribution in [1.29, 1.82) is 0 Å². The van der Waals surface area contributed by atoms with Gasteiger partial charge in [-0.25, -0.2) is 4.79 Å². The van der Waals surface area contributed by atoms with Crippen LogP contribution in [0.3, 0.4) is 0 Å². The van der Waals surface area contributed by atoms with Crippen molar-refractivity contribution < 1.29 is 19.1 Å². The molecule has 0 atom stereocenters. The number of hydrogen-bond acceptors (Lipinski definition) is 4. The van der Waals surface area contributed by atoms with E-state index in [1.54, 1.807) is 42.5 Å². The molecule has 2 bridgehead atoms. The lowest BCUT2D eigenvalue weighted by molar-refractivity contribution is -0.128. The van der Waals surface area contributed by atoms with Gasteiger partial charge in [-0.3, -0.25) is 9.59 Å². The van der Waals surface area contributed by atoms with Crippen molar-refractivity contribution in [3.8, 4) is 0 Å². The van der Waals surface area contributed by atoms with Crippen LogP contribution in [0.1, 0.15) is 22.3 Å². The van der Waals surface area contributed by atoms with E-state index in [1.165, 1.54) is 4.90 Å². The van der Waals surface area contributed by atoms with Crippen LogP contribution in [0.15, 0.2) is 42.5 Å². The number of ketones is 1. The molecule has 0 aliphatic carbocycles. The largest absolute Gasteiger partial charge is 0.454 e. The number of rotatable bonds is 2. The third-order valence-corrected chi connectivity index (χ3v) is 4.47. The summed E-state index contributed by atoms with van der Waals surface area (Å²) >= 11 is 12.0. The maximum Gasteiger partial charge on any atom is 0.338 e. The Balaban J connectivity index is 2.00. The van der Waals surface area contributed by atoms with Crippen molar-refractivity contribution in [3.63, 3.8) is 0 Å². The molecule has 5 nitrogen and oxygen atoms in total. The maximum absolute atomic E-state index is 12.6. The number of ether oxygens (including phenoxy) is 1. The van der Waals surface area contributed by atoms with E-state index in [1.807, 2.05) is 0 Å². The van der Waals surface area contributed by atoms with Crippen molar-refractivity contribution >= 4 is 46.5 Å². The molecule has 25 heavy (non-hydrogen) atoms. The Morgan fingerprint density at radius 2 is 1.80 bits per heavy atom. The molecule has 0 radical (unpaired) electrons. The van der Waals surface area contributed by atoms with Gasteiger partial charge in [0.1, 0.15) is 0 Å². The first-order valence-corrected chi connectivity index (χ1v) is 8.23. The van der Waals surface area contributed by atoms with Crippen molar-refractivity contribution in [3.05, 3.63) is 63.6 Å². The van der Waals surface area contributed by atoms with E-state index < -0.39 is 18.4 Å². The van der Waals surface area contributed by atoms with Gasteiger partial charge in [-0.05, 0) is 35.9 Å². The summed E-state index contributed by atoms with van der Waals surface area (Å²) in [7, 11) is 0. The molecular weight excluding hydrogens is 365 g/mol. The minimum absolute atomic E-state index is 0.196. The van der Waals surface area contributed by atoms with Crippen molar-refractivity contribution in [2.24, 2.45) is 0 Å². The third kappa shape index (κ3) is 4.00. The highest BCUT2D eigenvalue weighted by molar-refractivity contribution is 6.42. The van der Waals surface area contributed by atoms with Gasteiger partial charge in [0.25, 0.3) is 0 Å². The fourth-order valence-corrected chi connectivity index (χ4v) is 2.81. The Morgan fingerprint density at radius 1 is 1.00 bits per heavy atom. The van der Waals surface area contributed by atoms with Crippen LogP contribution in [0.25, 0.3) is 0 Å². The fourth-order valence-electron chi connectivity index (χ4n) is 2.49. The molecule has 128 valence electrons. The highest BCUT2D eigenvalue weighted by Gasteiger charge is 2.23. The van der Waals surface area contributed by atoms with Gasteiger partial charge in [-0.2, -0.15) is 0 Å². The van der Waals surface area contributed by atoms with E-state index in [9.17, 15) is 14.4 Å². The first-order chi connectivity index (χ1) is 11.9. The summed E-state index contributed by atoms with van der Waals surface area (Å²) in [5, 5.41) is 0.790. The van der Waals surface area contributed by atoms with Crippen LogP contribution < -0.4 is 4.90 Å². The third-order valence-electron chi connectivity index (χ3n) is 3.73. The lowest BCUT2D eigenvalue weighted by Crippen LogP contribution is -2.34. The summed E-state index contributed by atoms with van der Waals surface area (Å²) in [5.41, 5.74) is 1.53. The van der Waals surface area contributed by atoms with Crippen LogP contribution in [-0.4, -0.2) is 24.3 Å². The topological polar surface area (TPSA) is 63.7 Å². The van der Waals surface area contributed by atoms with Gasteiger partial charge in [0.2, 0.25) is 5.91 Å². The van der Waals surface area contributed by atoms with Gasteiger partial charge < -0.3 is 9.64 Å². The summed E-state index contributed by atoms with van der Waals surface area (Å²) in [4.78, 5) is 37.8. The number of carbonyl (C=O) groups excluding carboxylic acids is 3. The zero-order valence-corrected chi connectivity index (χ0v) is 14.5. The second-order valence-electron chi connectivity index (χ2n) is 5.57. The number of nitrogens with zero attached hydrogens (tertiary/aromatic N) is 1. The van der Waals surface area contributed by atoms with E-state index in [4.69, 9.17) is 27.9 Å². The summed E-state index contributed by atoms with van der Waals surface area (Å²) in [6, 6.07) is 11.5. The average Bonchev–Trinajstić information content (AvgIpc) is 2.59. The molecule has 1 aliphatic rings. The van der Waals surface area contributed by atoms with E-state index >= 15 is 0 Å². The monoisotopic (exact) mass is 377 g/mol. The Kier molecular flexibility index (Phi) is 5.06. The number of carbonyl (C=O) groups is 3. The van der Waals surface area contributed by atoms with Gasteiger partial charge in [0, 0.05) is 5.69 Å². The molecule has 1 heterocycles. The molecule has 0 unspecified atom stereocenters. The van der Waals surface area contributed by atoms with Crippen LogP contribution in [0.5, 0.6) is 0 Å². The number of fused-ring (bicyclic) bond motifs is 2. The van der Waals surface area contributed by atoms with Crippen LogP contribution >= 0.6 is 23.2 Å². The van der Waals surface area contributed by atoms with Crippen molar-refractivity contribution in [2.45, 2.75) is 13.0 Å². The molecule has 0 saturated heterocycles. The summed E-state index contributed by atoms with van der Waals surface area (Å²) in [6.07, 6.45) is -0.348. The lowest BCUT2D eigenvalue weighted by Gasteiger charge is -2.24. The zero-order valence-electron chi connectivity index (χ0n) is 13.0. The first-order valence-electron chi connectivity index (χ1n) is 7.47. The number of cyclic esters (lactones) is 1. The van der Waals surface area contributed by atoms with E-state index in [0.717, 1.165) is 5.56 Å². The number of esters is 1. The average molecular weight is 378 g/mol. The first kappa shape index (κ1) is 17.5. The van der Waals surface area contributed by atoms with Crippen molar-refractivity contribution in [2.75, 3.05) is 11.5 Å². The summed E-state index contributed by atoms with van der Waals surface area (Å²) < 4.78 is 4.91. The molecule has 0 aromatic heterocycles. The van der Waals surface area contributed by atoms with E-state index in [0.29, 0.717) is 15.7 Å². The zero-order chi connectivity index (χ0) is 18.0. The maximum atomic E-state index is 12.6. The van der Waals surface area contributed by atoms with E-state index in [2.05, 4.69) is 0 Å². The standard InChI is InChI=1S/C18H13Cl2NO4/c19-15-5-4-11(6-16(15)20)9-21-13-3-1-2-12(7-13)18(24)25-10-14(22)8-17(21)23/h1-7H,8-10H2. The molecule has 2 aromatic carbocycles. The Morgan fingerprint density at radius 3 is 2.56 bits per heavy atom. The highest BCUT2D eigenvalue weighted by atomic mass is 35.5. The van der Waals surface area contributed by atoms with Crippen LogP contribution in [0.2, 0.25) is 10.0 Å². The number of hydrogen-bond donors (Lipinski definition) is 0. The fraction of sp³-hybridized carbons (Fsp3) is 0.167. The van der Waals surface area contributed by atoms with Gasteiger partial charge in [0.05, 0.1) is 28.6 Å². The molecule has 0 saturated carbocycles. The van der Waals surface area contributed by atoms with E-state index in [-0.39, 0.29) is 24.4 Å². The predicted molar refractivity (Wildman–Crippen MR) is 94.0 cm³/mol. The minimum atomic E-state index is -0.598. The quantitative estimate of drug-likeness (QED) is 0.591. The molecule has 0 N–H and O–H groups in total. The number of amides is 1. The molecule has 7 heteroatoms. The number of Topliss-reactive ketones (excluding diaryl/α,β-unsaturated/α-hetero) is 1. The van der Waals surface area contributed by atoms with Gasteiger partial charge >= 0.3 is 5.97 Å². The summed E-state index contributed by atoms with van der Waals surface area (Å²) in [5.74, 6) is -1.44. The van der Waals surface area contributed by atoms with Gasteiger partial charge in [0.15, 0.2) is 12.4 Å². The summed E-state index contributed by atoms with van der Waals surface area (Å²) in [6.45, 7) is -0.225. The Labute approximate surface area is 154 Å². The van der Waals surface area contributed by atoms with Gasteiger partial charge in [-0.1, -0.05) is 35.3 Å². The Bertz CT molecular complexity index is 866. The number of halogens is 2. The van der Waals surface area contributed by atoms with Crippen molar-refractivity contribution in [1.82, 2.24) is 0 Å². The highest BCUT2D eigenvalue weighted by Crippen LogP contribution is 2.26. The molecule has 2 aromatic rings. The smallest absolute Gasteiger partial charge is 0.338 e. The Hall–Kier alpha value is -2.37. The lowest BCUT2D eigenvalue weighted by atomic mass is 10.1. The minimum Gasteiger partial charge on any atom is -0.454 e. The predicted octanol–water partition coefficient (Wildman–Crippen LogP) is 3.66. The molecule has 3 rings (SSSR count). The second kappa shape index (κ2) is 7.25. The molecule has 1 aliphatic heterocycles. The second-order valence-corrected chi connectivity index (χ2v) is 6.38. The van der Waals surface area contributed by atoms with Crippen LogP contribution in [0, 0.1) is 0 Å². The SMILES string of the molecule is O=C1COC(=O)c2cccc(c2)N(Cc2ccc(Cl)c(Cl)c2)C(=O)C1. The molecule has 0 spiro atoms.